The van der Waals surface area contributed by atoms with Crippen molar-refractivity contribution in [2.45, 2.75) is 45.3 Å². The molecule has 1 aliphatic rings. The SMILES string of the molecule is COC1CCCN(c2cc(CO)cc(C(C)C)n2)C1. The van der Waals surface area contributed by atoms with Crippen LogP contribution in [-0.4, -0.2) is 36.4 Å². The zero-order chi connectivity index (χ0) is 13.8. The molecule has 1 aromatic heterocycles. The number of aliphatic hydroxyl groups excluding tert-OH is 1. The fraction of sp³-hybridized carbons (Fsp3) is 0.667. The Bertz CT molecular complexity index is 421. The maximum absolute atomic E-state index is 9.39. The lowest BCUT2D eigenvalue weighted by Gasteiger charge is -2.33. The Morgan fingerprint density at radius 3 is 2.89 bits per heavy atom. The second-order valence-corrected chi connectivity index (χ2v) is 5.52. The van der Waals surface area contributed by atoms with E-state index < -0.39 is 0 Å². The zero-order valence-electron chi connectivity index (χ0n) is 12.1. The number of rotatable bonds is 4. The highest BCUT2D eigenvalue weighted by Crippen LogP contribution is 2.23. The molecule has 1 N–H and O–H groups in total. The van der Waals surface area contributed by atoms with Crippen molar-refractivity contribution in [3.05, 3.63) is 23.4 Å². The zero-order valence-corrected chi connectivity index (χ0v) is 12.1. The van der Waals surface area contributed by atoms with Gasteiger partial charge in [0.15, 0.2) is 0 Å². The molecule has 4 heteroatoms. The van der Waals surface area contributed by atoms with Crippen LogP contribution in [-0.2, 0) is 11.3 Å². The van der Waals surface area contributed by atoms with Crippen LogP contribution < -0.4 is 4.90 Å². The van der Waals surface area contributed by atoms with E-state index >= 15 is 0 Å². The number of methoxy groups -OCH3 is 1. The lowest BCUT2D eigenvalue weighted by molar-refractivity contribution is 0.0891. The summed E-state index contributed by atoms with van der Waals surface area (Å²) in [6.07, 6.45) is 2.53. The van der Waals surface area contributed by atoms with Gasteiger partial charge in [-0.15, -0.1) is 0 Å². The summed E-state index contributed by atoms with van der Waals surface area (Å²) in [6.45, 7) is 6.22. The topological polar surface area (TPSA) is 45.6 Å². The number of hydrogen-bond donors (Lipinski definition) is 1. The molecule has 1 aliphatic heterocycles. The number of aliphatic hydroxyl groups is 1. The third kappa shape index (κ3) is 3.45. The number of hydrogen-bond acceptors (Lipinski definition) is 4. The molecule has 0 saturated carbocycles. The fourth-order valence-electron chi connectivity index (χ4n) is 2.48. The molecule has 2 heterocycles. The standard InChI is InChI=1S/C15H24N2O2/c1-11(2)14-7-12(10-18)8-15(16-14)17-6-4-5-13(9-17)19-3/h7-8,11,13,18H,4-6,9-10H2,1-3H3. The van der Waals surface area contributed by atoms with Gasteiger partial charge in [-0.1, -0.05) is 13.8 Å². The van der Waals surface area contributed by atoms with Gasteiger partial charge in [0.2, 0.25) is 0 Å². The quantitative estimate of drug-likeness (QED) is 0.906. The van der Waals surface area contributed by atoms with Crippen LogP contribution in [0.2, 0.25) is 0 Å². The lowest BCUT2D eigenvalue weighted by Crippen LogP contribution is -2.39. The minimum Gasteiger partial charge on any atom is -0.392 e. The smallest absolute Gasteiger partial charge is 0.129 e. The average Bonchev–Trinajstić information content (AvgIpc) is 2.46. The van der Waals surface area contributed by atoms with Gasteiger partial charge in [0, 0.05) is 25.9 Å². The first-order chi connectivity index (χ1) is 9.13. The Hall–Kier alpha value is -1.13. The van der Waals surface area contributed by atoms with E-state index in [1.165, 1.54) is 0 Å². The maximum Gasteiger partial charge on any atom is 0.129 e. The van der Waals surface area contributed by atoms with Crippen LogP contribution in [0.3, 0.4) is 0 Å². The molecule has 4 nitrogen and oxygen atoms in total. The third-order valence-corrected chi connectivity index (χ3v) is 3.70. The number of nitrogens with zero attached hydrogens (tertiary/aromatic N) is 2. The molecule has 0 amide bonds. The minimum absolute atomic E-state index is 0.0663. The van der Waals surface area contributed by atoms with Crippen molar-refractivity contribution in [1.29, 1.82) is 0 Å². The van der Waals surface area contributed by atoms with E-state index in [1.54, 1.807) is 7.11 Å². The van der Waals surface area contributed by atoms with Crippen LogP contribution >= 0.6 is 0 Å². The molecular formula is C15H24N2O2. The molecule has 1 saturated heterocycles. The lowest BCUT2D eigenvalue weighted by atomic mass is 10.1. The minimum atomic E-state index is 0.0663. The van der Waals surface area contributed by atoms with Crippen molar-refractivity contribution in [2.75, 3.05) is 25.1 Å². The van der Waals surface area contributed by atoms with Gasteiger partial charge in [0.05, 0.1) is 12.7 Å². The Morgan fingerprint density at radius 1 is 1.47 bits per heavy atom. The molecule has 1 fully saturated rings. The van der Waals surface area contributed by atoms with E-state index in [9.17, 15) is 5.11 Å². The van der Waals surface area contributed by atoms with E-state index in [-0.39, 0.29) is 12.7 Å². The summed E-state index contributed by atoms with van der Waals surface area (Å²) >= 11 is 0. The van der Waals surface area contributed by atoms with E-state index in [0.717, 1.165) is 43.0 Å². The molecule has 1 aromatic rings. The maximum atomic E-state index is 9.39. The van der Waals surface area contributed by atoms with Crippen LogP contribution in [0.5, 0.6) is 0 Å². The van der Waals surface area contributed by atoms with E-state index in [0.29, 0.717) is 5.92 Å². The van der Waals surface area contributed by atoms with Crippen molar-refractivity contribution >= 4 is 5.82 Å². The monoisotopic (exact) mass is 264 g/mol. The molecule has 106 valence electrons. The normalized spacial score (nSPS) is 20.1. The summed E-state index contributed by atoms with van der Waals surface area (Å²) in [7, 11) is 1.77. The summed E-state index contributed by atoms with van der Waals surface area (Å²) in [5.41, 5.74) is 1.98. The Kier molecular flexibility index (Phi) is 4.77. The van der Waals surface area contributed by atoms with E-state index in [2.05, 4.69) is 18.7 Å². The molecule has 1 unspecified atom stereocenters. The van der Waals surface area contributed by atoms with Crippen LogP contribution in [0.25, 0.3) is 0 Å². The first kappa shape index (κ1) is 14.3. The number of ether oxygens (including phenoxy) is 1. The Labute approximate surface area is 115 Å². The number of aromatic nitrogens is 1. The van der Waals surface area contributed by atoms with Crippen molar-refractivity contribution in [3.8, 4) is 0 Å². The molecule has 0 spiro atoms. The first-order valence-electron chi connectivity index (χ1n) is 7.03. The van der Waals surface area contributed by atoms with Gasteiger partial charge in [-0.3, -0.25) is 0 Å². The van der Waals surface area contributed by atoms with Gasteiger partial charge >= 0.3 is 0 Å². The van der Waals surface area contributed by atoms with Crippen molar-refractivity contribution in [2.24, 2.45) is 0 Å². The van der Waals surface area contributed by atoms with E-state index in [1.807, 2.05) is 12.1 Å². The van der Waals surface area contributed by atoms with Crippen molar-refractivity contribution in [1.82, 2.24) is 4.98 Å². The molecule has 0 bridgehead atoms. The van der Waals surface area contributed by atoms with E-state index in [4.69, 9.17) is 9.72 Å². The molecule has 0 aromatic carbocycles. The van der Waals surface area contributed by atoms with Gasteiger partial charge in [0.1, 0.15) is 5.82 Å². The summed E-state index contributed by atoms with van der Waals surface area (Å²) in [5.74, 6) is 1.34. The van der Waals surface area contributed by atoms with Crippen LogP contribution in [0.15, 0.2) is 12.1 Å². The molecule has 1 atom stereocenters. The number of piperidine rings is 1. The van der Waals surface area contributed by atoms with Crippen LogP contribution in [0.1, 0.15) is 43.9 Å². The largest absolute Gasteiger partial charge is 0.392 e. The van der Waals surface area contributed by atoms with Gasteiger partial charge in [-0.2, -0.15) is 0 Å². The van der Waals surface area contributed by atoms with Gasteiger partial charge < -0.3 is 14.7 Å². The predicted molar refractivity (Wildman–Crippen MR) is 76.5 cm³/mol. The third-order valence-electron chi connectivity index (χ3n) is 3.70. The fourth-order valence-corrected chi connectivity index (χ4v) is 2.48. The summed E-state index contributed by atoms with van der Waals surface area (Å²) in [5, 5.41) is 9.39. The summed E-state index contributed by atoms with van der Waals surface area (Å²) < 4.78 is 5.46. The highest BCUT2D eigenvalue weighted by atomic mass is 16.5. The Morgan fingerprint density at radius 2 is 2.26 bits per heavy atom. The highest BCUT2D eigenvalue weighted by molar-refractivity contribution is 5.43. The second kappa shape index (κ2) is 6.35. The summed E-state index contributed by atoms with van der Waals surface area (Å²) in [6, 6.07) is 3.98. The molecule has 19 heavy (non-hydrogen) atoms. The second-order valence-electron chi connectivity index (χ2n) is 5.52. The Balaban J connectivity index is 2.25. The van der Waals surface area contributed by atoms with Gasteiger partial charge in [-0.05, 0) is 36.5 Å². The van der Waals surface area contributed by atoms with Crippen molar-refractivity contribution < 1.29 is 9.84 Å². The molecular weight excluding hydrogens is 240 g/mol. The van der Waals surface area contributed by atoms with Crippen LogP contribution in [0.4, 0.5) is 5.82 Å². The van der Waals surface area contributed by atoms with Crippen molar-refractivity contribution in [3.63, 3.8) is 0 Å². The predicted octanol–water partition coefficient (Wildman–Crippen LogP) is 2.31. The average molecular weight is 264 g/mol. The first-order valence-corrected chi connectivity index (χ1v) is 7.03. The number of anilines is 1. The molecule has 0 aliphatic carbocycles. The van der Waals surface area contributed by atoms with Crippen LogP contribution in [0, 0.1) is 0 Å². The summed E-state index contributed by atoms with van der Waals surface area (Å²) in [4.78, 5) is 7.00. The van der Waals surface area contributed by atoms with Gasteiger partial charge in [-0.25, -0.2) is 4.98 Å². The molecule has 0 radical (unpaired) electrons. The highest BCUT2D eigenvalue weighted by Gasteiger charge is 2.21. The molecule has 2 rings (SSSR count). The van der Waals surface area contributed by atoms with Gasteiger partial charge in [0.25, 0.3) is 0 Å². The number of pyridine rings is 1.